The molecule has 0 aliphatic carbocycles. The molecule has 0 spiro atoms. The monoisotopic (exact) mass is 372 g/mol. The summed E-state index contributed by atoms with van der Waals surface area (Å²) in [4.78, 5) is 24.0. The fourth-order valence-electron chi connectivity index (χ4n) is 1.77. The number of hydrogen-bond acceptors (Lipinski definition) is 4. The van der Waals surface area contributed by atoms with Gasteiger partial charge in [-0.1, -0.05) is 22.0 Å². The van der Waals surface area contributed by atoms with Crippen molar-refractivity contribution in [1.82, 2.24) is 0 Å². The van der Waals surface area contributed by atoms with Crippen molar-refractivity contribution in [2.45, 2.75) is 13.0 Å². The van der Waals surface area contributed by atoms with E-state index in [9.17, 15) is 9.59 Å². The molecule has 23 heavy (non-hydrogen) atoms. The molecule has 0 saturated heterocycles. The molecule has 1 N–H and O–H groups in total. The Morgan fingerprint density at radius 2 is 1.91 bits per heavy atom. The molecule has 0 fully saturated rings. The van der Waals surface area contributed by atoms with Crippen LogP contribution in [0.2, 0.25) is 0 Å². The first-order valence-corrected chi connectivity index (χ1v) is 7.56. The Labute approximate surface area is 142 Å². The maximum Gasteiger partial charge on any atom is 0.338 e. The maximum absolute atomic E-state index is 12.0. The molecule has 0 heterocycles. The van der Waals surface area contributed by atoms with E-state index >= 15 is 0 Å². The highest BCUT2D eigenvalue weighted by atomic mass is 79.9. The van der Waals surface area contributed by atoms with Crippen LogP contribution in [0.3, 0.4) is 0 Å². The summed E-state index contributed by atoms with van der Waals surface area (Å²) in [7, 11) is 0. The first kappa shape index (κ1) is 16.7. The molecular weight excluding hydrogens is 360 g/mol. The van der Waals surface area contributed by atoms with Crippen LogP contribution < -0.4 is 5.32 Å². The van der Waals surface area contributed by atoms with Gasteiger partial charge in [0.1, 0.15) is 0 Å². The summed E-state index contributed by atoms with van der Waals surface area (Å²) < 4.78 is 6.02. The molecule has 0 aliphatic heterocycles. The van der Waals surface area contributed by atoms with Crippen LogP contribution in [-0.2, 0) is 9.53 Å². The number of amides is 1. The zero-order valence-corrected chi connectivity index (χ0v) is 13.8. The number of esters is 1. The van der Waals surface area contributed by atoms with E-state index in [2.05, 4.69) is 21.2 Å². The van der Waals surface area contributed by atoms with Crippen LogP contribution in [0.1, 0.15) is 22.8 Å². The van der Waals surface area contributed by atoms with Gasteiger partial charge < -0.3 is 10.1 Å². The number of carbonyl (C=O) groups excluding carboxylic acids is 2. The highest BCUT2D eigenvalue weighted by Gasteiger charge is 2.19. The van der Waals surface area contributed by atoms with Crippen molar-refractivity contribution in [3.8, 4) is 6.07 Å². The molecule has 1 amide bonds. The number of anilines is 1. The summed E-state index contributed by atoms with van der Waals surface area (Å²) in [6.07, 6.45) is -0.961. The lowest BCUT2D eigenvalue weighted by molar-refractivity contribution is -0.123. The molecule has 0 bridgehead atoms. The second-order valence-electron chi connectivity index (χ2n) is 4.74. The standard InChI is InChI=1S/C17H13BrN2O3/c1-11(16(21)20-15-7-5-14(18)6-8-15)23-17(22)13-4-2-3-12(9-13)10-19/h2-9,11H,1H3,(H,20,21). The summed E-state index contributed by atoms with van der Waals surface area (Å²) in [5.41, 5.74) is 1.19. The van der Waals surface area contributed by atoms with Gasteiger partial charge in [-0.05, 0) is 49.4 Å². The van der Waals surface area contributed by atoms with Crippen LogP contribution in [0.25, 0.3) is 0 Å². The molecule has 5 nitrogen and oxygen atoms in total. The topological polar surface area (TPSA) is 79.2 Å². The number of nitrogens with zero attached hydrogens (tertiary/aromatic N) is 1. The molecule has 1 unspecified atom stereocenters. The number of benzene rings is 2. The van der Waals surface area contributed by atoms with Crippen molar-refractivity contribution >= 4 is 33.5 Å². The second-order valence-corrected chi connectivity index (χ2v) is 5.65. The number of rotatable bonds is 4. The van der Waals surface area contributed by atoms with Gasteiger partial charge in [-0.25, -0.2) is 4.79 Å². The molecule has 0 aliphatic rings. The number of ether oxygens (including phenoxy) is 1. The van der Waals surface area contributed by atoms with Crippen LogP contribution >= 0.6 is 15.9 Å². The molecule has 0 radical (unpaired) electrons. The van der Waals surface area contributed by atoms with Crippen molar-refractivity contribution < 1.29 is 14.3 Å². The van der Waals surface area contributed by atoms with Gasteiger partial charge in [0.05, 0.1) is 17.2 Å². The van der Waals surface area contributed by atoms with E-state index in [-0.39, 0.29) is 5.56 Å². The van der Waals surface area contributed by atoms with Crippen LogP contribution in [-0.4, -0.2) is 18.0 Å². The lowest BCUT2D eigenvalue weighted by Crippen LogP contribution is -2.30. The number of halogens is 1. The Hall–Kier alpha value is -2.65. The van der Waals surface area contributed by atoms with Gasteiger partial charge in [0, 0.05) is 10.2 Å². The quantitative estimate of drug-likeness (QED) is 0.832. The fourth-order valence-corrected chi connectivity index (χ4v) is 2.04. The summed E-state index contributed by atoms with van der Waals surface area (Å²) in [6, 6.07) is 15.1. The van der Waals surface area contributed by atoms with Crippen molar-refractivity contribution in [3.05, 3.63) is 64.1 Å². The Balaban J connectivity index is 1.98. The van der Waals surface area contributed by atoms with E-state index < -0.39 is 18.0 Å². The first-order chi connectivity index (χ1) is 11.0. The SMILES string of the molecule is CC(OC(=O)c1cccc(C#N)c1)C(=O)Nc1ccc(Br)cc1. The normalized spacial score (nSPS) is 11.2. The highest BCUT2D eigenvalue weighted by Crippen LogP contribution is 2.15. The van der Waals surface area contributed by atoms with Gasteiger partial charge in [-0.2, -0.15) is 5.26 Å². The van der Waals surface area contributed by atoms with Gasteiger partial charge in [0.2, 0.25) is 0 Å². The maximum atomic E-state index is 12.0. The minimum Gasteiger partial charge on any atom is -0.449 e. The summed E-state index contributed by atoms with van der Waals surface area (Å²) in [5.74, 6) is -1.09. The van der Waals surface area contributed by atoms with E-state index in [0.29, 0.717) is 11.3 Å². The lowest BCUT2D eigenvalue weighted by Gasteiger charge is -2.13. The molecule has 2 aromatic rings. The van der Waals surface area contributed by atoms with Crippen molar-refractivity contribution in [1.29, 1.82) is 5.26 Å². The predicted molar refractivity (Wildman–Crippen MR) is 88.8 cm³/mol. The van der Waals surface area contributed by atoms with Crippen LogP contribution in [0.4, 0.5) is 5.69 Å². The zero-order chi connectivity index (χ0) is 16.8. The number of nitrogens with one attached hydrogen (secondary N) is 1. The minimum atomic E-state index is -0.961. The van der Waals surface area contributed by atoms with E-state index in [1.165, 1.54) is 19.1 Å². The Kier molecular flexibility index (Phi) is 5.50. The van der Waals surface area contributed by atoms with E-state index in [0.717, 1.165) is 4.47 Å². The van der Waals surface area contributed by atoms with Gasteiger partial charge in [-0.15, -0.1) is 0 Å². The Morgan fingerprint density at radius 1 is 1.22 bits per heavy atom. The Bertz CT molecular complexity index is 766. The molecule has 0 saturated carbocycles. The third kappa shape index (κ3) is 4.66. The van der Waals surface area contributed by atoms with Crippen molar-refractivity contribution in [2.75, 3.05) is 5.32 Å². The number of hydrogen-bond donors (Lipinski definition) is 1. The summed E-state index contributed by atoms with van der Waals surface area (Å²) in [6.45, 7) is 1.49. The molecule has 6 heteroatoms. The predicted octanol–water partition coefficient (Wildman–Crippen LogP) is 3.50. The third-order valence-electron chi connectivity index (χ3n) is 2.99. The zero-order valence-electron chi connectivity index (χ0n) is 12.2. The molecule has 2 rings (SSSR count). The van der Waals surface area contributed by atoms with Gasteiger partial charge in [0.15, 0.2) is 6.10 Å². The van der Waals surface area contributed by atoms with Gasteiger partial charge >= 0.3 is 5.97 Å². The largest absolute Gasteiger partial charge is 0.449 e. The molecule has 0 aromatic heterocycles. The van der Waals surface area contributed by atoms with E-state index in [1.54, 1.807) is 36.4 Å². The summed E-state index contributed by atoms with van der Waals surface area (Å²) >= 11 is 3.31. The molecular formula is C17H13BrN2O3. The second kappa shape index (κ2) is 7.56. The van der Waals surface area contributed by atoms with Crippen molar-refractivity contribution in [2.24, 2.45) is 0 Å². The van der Waals surface area contributed by atoms with Gasteiger partial charge in [-0.3, -0.25) is 4.79 Å². The number of nitriles is 1. The molecule has 1 atom stereocenters. The van der Waals surface area contributed by atoms with Gasteiger partial charge in [0.25, 0.3) is 5.91 Å². The molecule has 116 valence electrons. The van der Waals surface area contributed by atoms with Crippen molar-refractivity contribution in [3.63, 3.8) is 0 Å². The van der Waals surface area contributed by atoms with Crippen LogP contribution in [0, 0.1) is 11.3 Å². The smallest absolute Gasteiger partial charge is 0.338 e. The average molecular weight is 373 g/mol. The van der Waals surface area contributed by atoms with Crippen LogP contribution in [0.15, 0.2) is 53.0 Å². The number of carbonyl (C=O) groups is 2. The average Bonchev–Trinajstić information content (AvgIpc) is 2.56. The molecule has 2 aromatic carbocycles. The fraction of sp³-hybridized carbons (Fsp3) is 0.118. The first-order valence-electron chi connectivity index (χ1n) is 6.77. The minimum absolute atomic E-state index is 0.229. The summed E-state index contributed by atoms with van der Waals surface area (Å²) in [5, 5.41) is 11.5. The highest BCUT2D eigenvalue weighted by molar-refractivity contribution is 9.10. The van der Waals surface area contributed by atoms with Crippen LogP contribution in [0.5, 0.6) is 0 Å². The third-order valence-corrected chi connectivity index (χ3v) is 3.52. The lowest BCUT2D eigenvalue weighted by atomic mass is 10.1. The van der Waals surface area contributed by atoms with E-state index in [4.69, 9.17) is 10.00 Å². The Morgan fingerprint density at radius 3 is 2.57 bits per heavy atom. The van der Waals surface area contributed by atoms with E-state index in [1.807, 2.05) is 6.07 Å².